The largest absolute Gasteiger partial charge is 0.197 e. The van der Waals surface area contributed by atoms with E-state index in [-0.39, 0.29) is 4.75 Å². The Kier molecular flexibility index (Phi) is 3.79. The van der Waals surface area contributed by atoms with Gasteiger partial charge in [0.15, 0.2) is 0 Å². The third-order valence-corrected chi connectivity index (χ3v) is 5.03. The van der Waals surface area contributed by atoms with Crippen LogP contribution in [0.2, 0.25) is 0 Å². The standard InChI is InChI=1S/C15H19NS/c1-3-6-13-9-15(10-13,11-16)17-14-8-5-4-7-12(14)2/h4-5,7-8,13H,3,6,9-10H2,1-2H3. The molecule has 0 unspecified atom stereocenters. The van der Waals surface area contributed by atoms with E-state index in [1.54, 1.807) is 11.8 Å². The SMILES string of the molecule is CCCC1CC(C#N)(Sc2ccccc2C)C1. The Balaban J connectivity index is 2.04. The summed E-state index contributed by atoms with van der Waals surface area (Å²) in [4.78, 5) is 1.27. The van der Waals surface area contributed by atoms with Gasteiger partial charge in [0.05, 0.1) is 6.07 Å². The van der Waals surface area contributed by atoms with Crippen LogP contribution in [-0.4, -0.2) is 4.75 Å². The maximum atomic E-state index is 9.40. The van der Waals surface area contributed by atoms with Crippen molar-refractivity contribution in [3.8, 4) is 6.07 Å². The molecule has 2 heteroatoms. The van der Waals surface area contributed by atoms with Crippen LogP contribution in [0.25, 0.3) is 0 Å². The number of benzene rings is 1. The van der Waals surface area contributed by atoms with Gasteiger partial charge < -0.3 is 0 Å². The van der Waals surface area contributed by atoms with Crippen molar-refractivity contribution in [2.45, 2.75) is 49.2 Å². The number of hydrogen-bond donors (Lipinski definition) is 0. The normalized spacial score (nSPS) is 27.2. The summed E-state index contributed by atoms with van der Waals surface area (Å²) in [6.07, 6.45) is 4.64. The van der Waals surface area contributed by atoms with Crippen LogP contribution in [0.4, 0.5) is 0 Å². The number of nitrogens with zero attached hydrogens (tertiary/aromatic N) is 1. The van der Waals surface area contributed by atoms with Gasteiger partial charge in [-0.25, -0.2) is 0 Å². The summed E-state index contributed by atoms with van der Waals surface area (Å²) in [6, 6.07) is 10.9. The molecule has 0 atom stereocenters. The zero-order valence-corrected chi connectivity index (χ0v) is 11.4. The average Bonchev–Trinajstić information content (AvgIpc) is 2.29. The average molecular weight is 245 g/mol. The van der Waals surface area contributed by atoms with Gasteiger partial charge in [0.25, 0.3) is 0 Å². The lowest BCUT2D eigenvalue weighted by atomic mass is 9.73. The zero-order valence-electron chi connectivity index (χ0n) is 10.6. The van der Waals surface area contributed by atoms with Gasteiger partial charge in [-0.15, -0.1) is 11.8 Å². The van der Waals surface area contributed by atoms with Crippen molar-refractivity contribution in [3.63, 3.8) is 0 Å². The van der Waals surface area contributed by atoms with Crippen LogP contribution in [0, 0.1) is 24.2 Å². The second-order valence-corrected chi connectivity index (χ2v) is 6.46. The van der Waals surface area contributed by atoms with Gasteiger partial charge in [-0.3, -0.25) is 0 Å². The molecule has 0 spiro atoms. The lowest BCUT2D eigenvalue weighted by Crippen LogP contribution is -2.39. The molecule has 17 heavy (non-hydrogen) atoms. The van der Waals surface area contributed by atoms with Crippen LogP contribution in [0.1, 0.15) is 38.2 Å². The molecule has 0 aliphatic heterocycles. The summed E-state index contributed by atoms with van der Waals surface area (Å²) in [5, 5.41) is 9.40. The van der Waals surface area contributed by atoms with Crippen molar-refractivity contribution < 1.29 is 0 Å². The van der Waals surface area contributed by atoms with Gasteiger partial charge in [-0.05, 0) is 37.3 Å². The summed E-state index contributed by atoms with van der Waals surface area (Å²) < 4.78 is -0.147. The van der Waals surface area contributed by atoms with Crippen LogP contribution in [0.5, 0.6) is 0 Å². The van der Waals surface area contributed by atoms with Crippen molar-refractivity contribution in [1.29, 1.82) is 5.26 Å². The van der Waals surface area contributed by atoms with Crippen molar-refractivity contribution >= 4 is 11.8 Å². The molecule has 1 aromatic carbocycles. The van der Waals surface area contributed by atoms with E-state index in [0.29, 0.717) is 0 Å². The van der Waals surface area contributed by atoms with Gasteiger partial charge in [-0.2, -0.15) is 5.26 Å². The van der Waals surface area contributed by atoms with Crippen molar-refractivity contribution in [2.75, 3.05) is 0 Å². The highest BCUT2D eigenvalue weighted by Gasteiger charge is 2.45. The number of hydrogen-bond acceptors (Lipinski definition) is 2. The summed E-state index contributed by atoms with van der Waals surface area (Å²) in [6.45, 7) is 4.34. The molecule has 1 fully saturated rings. The molecule has 90 valence electrons. The van der Waals surface area contributed by atoms with Crippen LogP contribution < -0.4 is 0 Å². The monoisotopic (exact) mass is 245 g/mol. The molecule has 1 saturated carbocycles. The minimum atomic E-state index is -0.147. The number of nitriles is 1. The van der Waals surface area contributed by atoms with Crippen molar-refractivity contribution in [3.05, 3.63) is 29.8 Å². The van der Waals surface area contributed by atoms with Crippen LogP contribution in [0.3, 0.4) is 0 Å². The summed E-state index contributed by atoms with van der Waals surface area (Å²) in [5.74, 6) is 0.774. The van der Waals surface area contributed by atoms with E-state index < -0.39 is 0 Å². The second-order valence-electron chi connectivity index (χ2n) is 5.04. The fourth-order valence-corrected chi connectivity index (χ4v) is 4.04. The first kappa shape index (κ1) is 12.5. The molecule has 0 N–H and O–H groups in total. The minimum absolute atomic E-state index is 0.147. The minimum Gasteiger partial charge on any atom is -0.197 e. The highest BCUT2D eigenvalue weighted by Crippen LogP contribution is 2.52. The molecule has 0 heterocycles. The predicted molar refractivity (Wildman–Crippen MR) is 73.0 cm³/mol. The maximum absolute atomic E-state index is 9.40. The molecule has 0 amide bonds. The summed E-state index contributed by atoms with van der Waals surface area (Å²) >= 11 is 1.77. The highest BCUT2D eigenvalue weighted by molar-refractivity contribution is 8.01. The fourth-order valence-electron chi connectivity index (χ4n) is 2.56. The Morgan fingerprint density at radius 3 is 2.71 bits per heavy atom. The fraction of sp³-hybridized carbons (Fsp3) is 0.533. The molecule has 1 nitrogen and oxygen atoms in total. The first-order valence-corrected chi connectivity index (χ1v) is 7.16. The van der Waals surface area contributed by atoms with Crippen molar-refractivity contribution in [2.24, 2.45) is 5.92 Å². The third-order valence-electron chi connectivity index (χ3n) is 3.54. The van der Waals surface area contributed by atoms with E-state index in [1.165, 1.54) is 23.3 Å². The molecule has 0 aromatic heterocycles. The zero-order chi connectivity index (χ0) is 12.3. The van der Waals surface area contributed by atoms with Crippen LogP contribution in [-0.2, 0) is 0 Å². The first-order valence-electron chi connectivity index (χ1n) is 6.35. The predicted octanol–water partition coefficient (Wildman–Crippen LogP) is 4.56. The first-order chi connectivity index (χ1) is 8.19. The molecule has 0 saturated heterocycles. The molecular formula is C15H19NS. The lowest BCUT2D eigenvalue weighted by molar-refractivity contribution is 0.258. The highest BCUT2D eigenvalue weighted by atomic mass is 32.2. The van der Waals surface area contributed by atoms with Crippen LogP contribution in [0.15, 0.2) is 29.2 Å². The molecule has 0 bridgehead atoms. The van der Waals surface area contributed by atoms with E-state index >= 15 is 0 Å². The van der Waals surface area contributed by atoms with E-state index in [0.717, 1.165) is 18.8 Å². The Bertz CT molecular complexity index is 427. The summed E-state index contributed by atoms with van der Waals surface area (Å²) in [7, 11) is 0. The molecule has 1 aromatic rings. The Morgan fingerprint density at radius 2 is 2.12 bits per heavy atom. The van der Waals surface area contributed by atoms with E-state index in [1.807, 2.05) is 0 Å². The van der Waals surface area contributed by atoms with Gasteiger partial charge in [0.1, 0.15) is 4.75 Å². The number of thioether (sulfide) groups is 1. The van der Waals surface area contributed by atoms with Gasteiger partial charge in [-0.1, -0.05) is 38.0 Å². The van der Waals surface area contributed by atoms with Gasteiger partial charge in [0.2, 0.25) is 0 Å². The molecular weight excluding hydrogens is 226 g/mol. The Labute approximate surface area is 108 Å². The van der Waals surface area contributed by atoms with Gasteiger partial charge >= 0.3 is 0 Å². The topological polar surface area (TPSA) is 23.8 Å². The van der Waals surface area contributed by atoms with E-state index in [2.05, 4.69) is 44.2 Å². The van der Waals surface area contributed by atoms with Gasteiger partial charge in [0, 0.05) is 4.90 Å². The Morgan fingerprint density at radius 1 is 1.41 bits per heavy atom. The molecule has 1 aliphatic rings. The van der Waals surface area contributed by atoms with E-state index in [4.69, 9.17) is 0 Å². The Hall–Kier alpha value is -0.940. The molecule has 1 aliphatic carbocycles. The molecule has 0 radical (unpaired) electrons. The maximum Gasteiger partial charge on any atom is 0.108 e. The van der Waals surface area contributed by atoms with Crippen molar-refractivity contribution in [1.82, 2.24) is 0 Å². The smallest absolute Gasteiger partial charge is 0.108 e. The number of rotatable bonds is 4. The van der Waals surface area contributed by atoms with E-state index in [9.17, 15) is 5.26 Å². The lowest BCUT2D eigenvalue weighted by Gasteiger charge is -2.42. The second kappa shape index (κ2) is 5.14. The third kappa shape index (κ3) is 2.66. The summed E-state index contributed by atoms with van der Waals surface area (Å²) in [5.41, 5.74) is 1.28. The van der Waals surface area contributed by atoms with Crippen LogP contribution >= 0.6 is 11.8 Å². The molecule has 2 rings (SSSR count). The number of aryl methyl sites for hydroxylation is 1. The quantitative estimate of drug-likeness (QED) is 0.776.